The molecule has 0 heterocycles. The number of hydrogen-bond donors (Lipinski definition) is 2. The number of nitrogens with one attached hydrogen (secondary N) is 2. The number of nitrogens with zero attached hydrogens (tertiary/aromatic N) is 1. The Kier molecular flexibility index (Phi) is 9.43. The standard InChI is InChI=1S/C25H37N3O3S/c1-6-28(7-2)19-21-10-8-20(9-11-21)18-26-24(29)16-17-27-32(30,31)23-14-12-22(13-15-23)25(3,4)5/h8-15,27H,6-7,16-19H2,1-5H3,(H,26,29). The molecule has 2 N–H and O–H groups in total. The van der Waals surface area contributed by atoms with Crippen molar-refractivity contribution in [1.82, 2.24) is 14.9 Å². The van der Waals surface area contributed by atoms with Crippen LogP contribution in [0, 0.1) is 0 Å². The summed E-state index contributed by atoms with van der Waals surface area (Å²) in [6, 6.07) is 15.1. The third kappa shape index (κ3) is 8.04. The number of rotatable bonds is 11. The van der Waals surface area contributed by atoms with Crippen LogP contribution in [0.3, 0.4) is 0 Å². The van der Waals surface area contributed by atoms with Gasteiger partial charge >= 0.3 is 0 Å². The summed E-state index contributed by atoms with van der Waals surface area (Å²) >= 11 is 0. The SMILES string of the molecule is CCN(CC)Cc1ccc(CNC(=O)CCNS(=O)(=O)c2ccc(C(C)(C)C)cc2)cc1. The number of sulfonamides is 1. The van der Waals surface area contributed by atoms with E-state index in [1.807, 2.05) is 24.3 Å². The van der Waals surface area contributed by atoms with Gasteiger partial charge in [0.15, 0.2) is 0 Å². The van der Waals surface area contributed by atoms with E-state index in [0.717, 1.165) is 30.8 Å². The lowest BCUT2D eigenvalue weighted by Crippen LogP contribution is -2.30. The molecule has 1 amide bonds. The van der Waals surface area contributed by atoms with Gasteiger partial charge in [-0.1, -0.05) is 71.0 Å². The van der Waals surface area contributed by atoms with E-state index in [-0.39, 0.29) is 29.2 Å². The molecule has 0 radical (unpaired) electrons. The quantitative estimate of drug-likeness (QED) is 0.536. The monoisotopic (exact) mass is 459 g/mol. The molecule has 2 aromatic rings. The Hall–Kier alpha value is -2.22. The molecule has 0 aliphatic carbocycles. The van der Waals surface area contributed by atoms with Crippen molar-refractivity contribution in [3.8, 4) is 0 Å². The Morgan fingerprint density at radius 3 is 2.00 bits per heavy atom. The summed E-state index contributed by atoms with van der Waals surface area (Å²) in [7, 11) is -3.64. The third-order valence-electron chi connectivity index (χ3n) is 5.49. The minimum Gasteiger partial charge on any atom is -0.352 e. The predicted octanol–water partition coefficient (Wildman–Crippen LogP) is 3.81. The van der Waals surface area contributed by atoms with E-state index >= 15 is 0 Å². The largest absolute Gasteiger partial charge is 0.352 e. The van der Waals surface area contributed by atoms with Crippen LogP contribution in [-0.2, 0) is 33.3 Å². The lowest BCUT2D eigenvalue weighted by molar-refractivity contribution is -0.121. The lowest BCUT2D eigenvalue weighted by atomic mass is 9.87. The van der Waals surface area contributed by atoms with Crippen molar-refractivity contribution in [2.45, 2.75) is 64.4 Å². The van der Waals surface area contributed by atoms with Gasteiger partial charge in [-0.05, 0) is 47.3 Å². The summed E-state index contributed by atoms with van der Waals surface area (Å²) in [6.45, 7) is 13.9. The first-order chi connectivity index (χ1) is 15.0. The molecule has 0 saturated heterocycles. The first-order valence-electron chi connectivity index (χ1n) is 11.2. The zero-order valence-corrected chi connectivity index (χ0v) is 20.8. The van der Waals surface area contributed by atoms with E-state index in [9.17, 15) is 13.2 Å². The summed E-state index contributed by atoms with van der Waals surface area (Å²) in [5.74, 6) is -0.192. The van der Waals surface area contributed by atoms with Crippen LogP contribution in [0.5, 0.6) is 0 Å². The molecule has 0 aliphatic heterocycles. The van der Waals surface area contributed by atoms with Gasteiger partial charge in [-0.3, -0.25) is 9.69 Å². The average molecular weight is 460 g/mol. The molecule has 0 aliphatic rings. The van der Waals surface area contributed by atoms with Crippen LogP contribution in [0.1, 0.15) is 57.7 Å². The van der Waals surface area contributed by atoms with Gasteiger partial charge in [-0.15, -0.1) is 0 Å². The molecule has 0 fully saturated rings. The average Bonchev–Trinajstić information content (AvgIpc) is 2.76. The Morgan fingerprint density at radius 2 is 1.47 bits per heavy atom. The van der Waals surface area contributed by atoms with E-state index in [1.165, 1.54) is 5.56 Å². The molecule has 0 spiro atoms. The first kappa shape index (κ1) is 26.0. The van der Waals surface area contributed by atoms with E-state index in [1.54, 1.807) is 12.1 Å². The Morgan fingerprint density at radius 1 is 0.906 bits per heavy atom. The molecule has 0 saturated carbocycles. The van der Waals surface area contributed by atoms with Crippen LogP contribution in [0.2, 0.25) is 0 Å². The Labute approximate surface area is 193 Å². The fourth-order valence-electron chi connectivity index (χ4n) is 3.27. The molecule has 32 heavy (non-hydrogen) atoms. The maximum absolute atomic E-state index is 12.5. The summed E-state index contributed by atoms with van der Waals surface area (Å²) in [5, 5.41) is 2.85. The fourth-order valence-corrected chi connectivity index (χ4v) is 4.31. The van der Waals surface area contributed by atoms with Crippen molar-refractivity contribution >= 4 is 15.9 Å². The number of benzene rings is 2. The van der Waals surface area contributed by atoms with Crippen LogP contribution in [0.15, 0.2) is 53.4 Å². The van der Waals surface area contributed by atoms with Gasteiger partial charge in [-0.2, -0.15) is 0 Å². The van der Waals surface area contributed by atoms with Gasteiger partial charge in [0.1, 0.15) is 0 Å². The third-order valence-corrected chi connectivity index (χ3v) is 6.96. The topological polar surface area (TPSA) is 78.5 Å². The molecular weight excluding hydrogens is 422 g/mol. The highest BCUT2D eigenvalue weighted by molar-refractivity contribution is 7.89. The second kappa shape index (κ2) is 11.6. The molecule has 0 bridgehead atoms. The lowest BCUT2D eigenvalue weighted by Gasteiger charge is -2.19. The van der Waals surface area contributed by atoms with Gasteiger partial charge in [0.25, 0.3) is 0 Å². The second-order valence-electron chi connectivity index (χ2n) is 8.98. The van der Waals surface area contributed by atoms with E-state index < -0.39 is 10.0 Å². The molecule has 2 rings (SSSR count). The molecule has 0 unspecified atom stereocenters. The fraction of sp³-hybridized carbons (Fsp3) is 0.480. The van der Waals surface area contributed by atoms with Crippen LogP contribution in [-0.4, -0.2) is 38.9 Å². The molecule has 176 valence electrons. The summed E-state index contributed by atoms with van der Waals surface area (Å²) in [6.07, 6.45) is 0.0827. The number of amides is 1. The van der Waals surface area contributed by atoms with Gasteiger partial charge in [0.2, 0.25) is 15.9 Å². The molecular formula is C25H37N3O3S. The second-order valence-corrected chi connectivity index (χ2v) is 10.7. The van der Waals surface area contributed by atoms with Crippen LogP contribution in [0.4, 0.5) is 0 Å². The molecule has 0 aromatic heterocycles. The Bertz CT molecular complexity index is 959. The van der Waals surface area contributed by atoms with Crippen LogP contribution in [0.25, 0.3) is 0 Å². The van der Waals surface area contributed by atoms with Gasteiger partial charge in [-0.25, -0.2) is 13.1 Å². The highest BCUT2D eigenvalue weighted by atomic mass is 32.2. The van der Waals surface area contributed by atoms with E-state index in [4.69, 9.17) is 0 Å². The normalized spacial score (nSPS) is 12.2. The van der Waals surface area contributed by atoms with E-state index in [0.29, 0.717) is 6.54 Å². The summed E-state index contributed by atoms with van der Waals surface area (Å²) in [5.41, 5.74) is 3.28. The first-order valence-corrected chi connectivity index (χ1v) is 12.7. The smallest absolute Gasteiger partial charge is 0.240 e. The van der Waals surface area contributed by atoms with Crippen molar-refractivity contribution in [1.29, 1.82) is 0 Å². The van der Waals surface area contributed by atoms with Crippen molar-refractivity contribution < 1.29 is 13.2 Å². The van der Waals surface area contributed by atoms with Gasteiger partial charge in [0.05, 0.1) is 4.90 Å². The molecule has 7 heteroatoms. The van der Waals surface area contributed by atoms with Gasteiger partial charge < -0.3 is 5.32 Å². The zero-order valence-electron chi connectivity index (χ0n) is 19.9. The Balaban J connectivity index is 1.78. The van der Waals surface area contributed by atoms with Crippen LogP contribution >= 0.6 is 0 Å². The van der Waals surface area contributed by atoms with E-state index in [2.05, 4.69) is 61.7 Å². The molecule has 0 atom stereocenters. The molecule has 2 aromatic carbocycles. The summed E-state index contributed by atoms with van der Waals surface area (Å²) in [4.78, 5) is 14.7. The maximum Gasteiger partial charge on any atom is 0.240 e. The van der Waals surface area contributed by atoms with Crippen molar-refractivity contribution in [2.75, 3.05) is 19.6 Å². The highest BCUT2D eigenvalue weighted by Crippen LogP contribution is 2.23. The van der Waals surface area contributed by atoms with Crippen LogP contribution < -0.4 is 10.0 Å². The zero-order chi connectivity index (χ0) is 23.8. The predicted molar refractivity (Wildman–Crippen MR) is 130 cm³/mol. The van der Waals surface area contributed by atoms with Gasteiger partial charge in [0, 0.05) is 26.1 Å². The maximum atomic E-state index is 12.5. The van der Waals surface area contributed by atoms with Crippen molar-refractivity contribution in [2.24, 2.45) is 0 Å². The summed E-state index contributed by atoms with van der Waals surface area (Å²) < 4.78 is 27.4. The van der Waals surface area contributed by atoms with Crippen molar-refractivity contribution in [3.05, 3.63) is 65.2 Å². The molecule has 6 nitrogen and oxygen atoms in total. The van der Waals surface area contributed by atoms with Crippen molar-refractivity contribution in [3.63, 3.8) is 0 Å². The number of carbonyl (C=O) groups is 1. The number of hydrogen-bond acceptors (Lipinski definition) is 4. The highest BCUT2D eigenvalue weighted by Gasteiger charge is 2.17. The minimum absolute atomic E-state index is 0.0422. The minimum atomic E-state index is -3.64. The number of carbonyl (C=O) groups excluding carboxylic acids is 1.